The van der Waals surface area contributed by atoms with Gasteiger partial charge in [-0.25, -0.2) is 4.98 Å². The van der Waals surface area contributed by atoms with Gasteiger partial charge in [0.2, 0.25) is 11.7 Å². The van der Waals surface area contributed by atoms with Crippen molar-refractivity contribution in [3.05, 3.63) is 64.2 Å². The molecule has 9 nitrogen and oxygen atoms in total. The summed E-state index contributed by atoms with van der Waals surface area (Å²) in [6.07, 6.45) is -3.22. The van der Waals surface area contributed by atoms with Crippen molar-refractivity contribution in [2.75, 3.05) is 31.1 Å². The minimum atomic E-state index is -4.45. The van der Waals surface area contributed by atoms with Gasteiger partial charge in [-0.2, -0.15) is 18.2 Å². The van der Waals surface area contributed by atoms with Crippen LogP contribution in [0.3, 0.4) is 0 Å². The van der Waals surface area contributed by atoms with Gasteiger partial charge in [0.25, 0.3) is 5.69 Å². The molecule has 1 aromatic carbocycles. The molecule has 0 amide bonds. The Morgan fingerprint density at radius 2 is 1.91 bits per heavy atom. The third kappa shape index (κ3) is 4.54. The largest absolute Gasteiger partial charge is 0.416 e. The number of pyridine rings is 1. The molecule has 1 aliphatic rings. The second kappa shape index (κ2) is 8.54. The van der Waals surface area contributed by atoms with Crippen molar-refractivity contribution in [1.82, 2.24) is 20.0 Å². The summed E-state index contributed by atoms with van der Waals surface area (Å²) in [6, 6.07) is 7.62. The Balaban J connectivity index is 1.40. The summed E-state index contributed by atoms with van der Waals surface area (Å²) in [5.41, 5.74) is -0.601. The zero-order chi connectivity index (χ0) is 22.9. The molecule has 1 atom stereocenters. The molecule has 0 unspecified atom stereocenters. The monoisotopic (exact) mass is 448 g/mol. The fourth-order valence-electron chi connectivity index (χ4n) is 3.52. The number of hydrogen-bond acceptors (Lipinski definition) is 8. The predicted octanol–water partition coefficient (Wildman–Crippen LogP) is 3.94. The van der Waals surface area contributed by atoms with Crippen molar-refractivity contribution in [1.29, 1.82) is 0 Å². The molecule has 12 heteroatoms. The second-order valence-corrected chi connectivity index (χ2v) is 7.37. The molecule has 0 N–H and O–H groups in total. The molecule has 0 radical (unpaired) electrons. The molecule has 2 aromatic heterocycles. The molecule has 0 aliphatic carbocycles. The van der Waals surface area contributed by atoms with Gasteiger partial charge >= 0.3 is 6.18 Å². The van der Waals surface area contributed by atoms with Gasteiger partial charge in [-0.3, -0.25) is 15.0 Å². The van der Waals surface area contributed by atoms with Crippen molar-refractivity contribution in [3.63, 3.8) is 0 Å². The number of nitro groups is 1. The van der Waals surface area contributed by atoms with Crippen LogP contribution in [0.5, 0.6) is 0 Å². The molecule has 1 saturated heterocycles. The molecule has 0 spiro atoms. The maximum absolute atomic E-state index is 13.0. The number of rotatable bonds is 5. The Bertz CT molecular complexity index is 1090. The third-order valence-electron chi connectivity index (χ3n) is 5.38. The van der Waals surface area contributed by atoms with Crippen molar-refractivity contribution >= 4 is 11.5 Å². The standard InChI is InChI=1S/C20H19F3N6O3/c1-13(19-25-18(26-32-19)14-3-2-4-15(11-14)20(21,22)23)27-7-9-28(10-8-27)17-6-5-16(12-24-17)29(30)31/h2-6,11-13H,7-10H2,1H3/t13-/m1/s1. The van der Waals surface area contributed by atoms with Gasteiger partial charge in [0.05, 0.1) is 16.5 Å². The van der Waals surface area contributed by atoms with Crippen LogP contribution in [0, 0.1) is 10.1 Å². The van der Waals surface area contributed by atoms with Crippen molar-refractivity contribution in [3.8, 4) is 11.4 Å². The van der Waals surface area contributed by atoms with E-state index in [2.05, 4.69) is 20.0 Å². The summed E-state index contributed by atoms with van der Waals surface area (Å²) in [7, 11) is 0. The molecule has 168 valence electrons. The minimum absolute atomic E-state index is 0.0611. The van der Waals surface area contributed by atoms with Crippen LogP contribution in [-0.4, -0.2) is 51.1 Å². The van der Waals surface area contributed by atoms with Gasteiger partial charge in [0, 0.05) is 37.8 Å². The van der Waals surface area contributed by atoms with E-state index in [1.165, 1.54) is 24.4 Å². The lowest BCUT2D eigenvalue weighted by molar-refractivity contribution is -0.385. The molecule has 3 aromatic rings. The number of nitrogens with zero attached hydrogens (tertiary/aromatic N) is 6. The average Bonchev–Trinajstić information content (AvgIpc) is 3.29. The van der Waals surface area contributed by atoms with Gasteiger partial charge in [0.15, 0.2) is 0 Å². The van der Waals surface area contributed by atoms with Gasteiger partial charge in [-0.05, 0) is 25.1 Å². The lowest BCUT2D eigenvalue weighted by Crippen LogP contribution is -2.47. The molecule has 3 heterocycles. The first-order valence-electron chi connectivity index (χ1n) is 9.83. The fourth-order valence-corrected chi connectivity index (χ4v) is 3.52. The smallest absolute Gasteiger partial charge is 0.354 e. The molecule has 4 rings (SSSR count). The number of piperazine rings is 1. The zero-order valence-corrected chi connectivity index (χ0v) is 17.0. The van der Waals surface area contributed by atoms with E-state index >= 15 is 0 Å². The van der Waals surface area contributed by atoms with Gasteiger partial charge < -0.3 is 9.42 Å². The summed E-state index contributed by atoms with van der Waals surface area (Å²) in [4.78, 5) is 22.9. The number of halogens is 3. The lowest BCUT2D eigenvalue weighted by Gasteiger charge is -2.37. The van der Waals surface area contributed by atoms with Gasteiger partial charge in [-0.1, -0.05) is 17.3 Å². The summed E-state index contributed by atoms with van der Waals surface area (Å²) >= 11 is 0. The van der Waals surface area contributed by atoms with Crippen LogP contribution in [0.2, 0.25) is 0 Å². The Labute approximate surface area is 180 Å². The summed E-state index contributed by atoms with van der Waals surface area (Å²) in [5, 5.41) is 14.6. The van der Waals surface area contributed by atoms with E-state index in [0.29, 0.717) is 37.9 Å². The molecule has 32 heavy (non-hydrogen) atoms. The van der Waals surface area contributed by atoms with Gasteiger partial charge in [-0.15, -0.1) is 0 Å². The quantitative estimate of drug-likeness (QED) is 0.427. The van der Waals surface area contributed by atoms with Gasteiger partial charge in [0.1, 0.15) is 12.0 Å². The highest BCUT2D eigenvalue weighted by Crippen LogP contribution is 2.32. The normalized spacial score (nSPS) is 16.2. The number of anilines is 1. The highest BCUT2D eigenvalue weighted by Gasteiger charge is 2.31. The summed E-state index contributed by atoms with van der Waals surface area (Å²) in [5.74, 6) is 1.08. The van der Waals surface area contributed by atoms with Crippen molar-refractivity contribution in [2.45, 2.75) is 19.1 Å². The number of hydrogen-bond donors (Lipinski definition) is 0. The van der Waals surface area contributed by atoms with Crippen LogP contribution in [-0.2, 0) is 6.18 Å². The Morgan fingerprint density at radius 1 is 1.16 bits per heavy atom. The maximum Gasteiger partial charge on any atom is 0.416 e. The van der Waals surface area contributed by atoms with E-state index in [1.54, 1.807) is 6.07 Å². The summed E-state index contributed by atoms with van der Waals surface area (Å²) in [6.45, 7) is 4.49. The fraction of sp³-hybridized carbons (Fsp3) is 0.350. The van der Waals surface area contributed by atoms with Crippen molar-refractivity contribution < 1.29 is 22.6 Å². The van der Waals surface area contributed by atoms with Crippen LogP contribution in [0.1, 0.15) is 24.4 Å². The zero-order valence-electron chi connectivity index (χ0n) is 17.0. The first-order valence-corrected chi connectivity index (χ1v) is 9.83. The van der Waals surface area contributed by atoms with E-state index in [9.17, 15) is 23.3 Å². The van der Waals surface area contributed by atoms with Crippen LogP contribution in [0.4, 0.5) is 24.7 Å². The number of alkyl halides is 3. The Hall–Kier alpha value is -3.54. The molecule has 0 bridgehead atoms. The van der Waals surface area contributed by atoms with E-state index in [0.717, 1.165) is 12.1 Å². The minimum Gasteiger partial charge on any atom is -0.354 e. The van der Waals surface area contributed by atoms with Crippen LogP contribution in [0.25, 0.3) is 11.4 Å². The van der Waals surface area contributed by atoms with E-state index in [1.807, 2.05) is 11.8 Å². The first kappa shape index (κ1) is 21.7. The SMILES string of the molecule is C[C@H](c1nc(-c2cccc(C(F)(F)F)c2)no1)N1CCN(c2ccc([N+](=O)[O-])cn2)CC1. The van der Waals surface area contributed by atoms with E-state index in [-0.39, 0.29) is 23.1 Å². The first-order chi connectivity index (χ1) is 15.2. The molecule has 1 fully saturated rings. The van der Waals surface area contributed by atoms with E-state index in [4.69, 9.17) is 4.52 Å². The molecular weight excluding hydrogens is 429 g/mol. The Morgan fingerprint density at radius 3 is 2.53 bits per heavy atom. The highest BCUT2D eigenvalue weighted by atomic mass is 19.4. The van der Waals surface area contributed by atoms with Crippen LogP contribution < -0.4 is 4.90 Å². The third-order valence-corrected chi connectivity index (χ3v) is 5.38. The van der Waals surface area contributed by atoms with E-state index < -0.39 is 16.7 Å². The van der Waals surface area contributed by atoms with Crippen molar-refractivity contribution in [2.24, 2.45) is 0 Å². The molecule has 1 aliphatic heterocycles. The number of aromatic nitrogens is 3. The Kier molecular flexibility index (Phi) is 5.78. The topological polar surface area (TPSA) is 101 Å². The lowest BCUT2D eigenvalue weighted by atomic mass is 10.1. The second-order valence-electron chi connectivity index (χ2n) is 7.37. The number of benzene rings is 1. The molecular formula is C20H19F3N6O3. The predicted molar refractivity (Wildman–Crippen MR) is 108 cm³/mol. The molecule has 0 saturated carbocycles. The van der Waals surface area contributed by atoms with Crippen LogP contribution in [0.15, 0.2) is 47.1 Å². The maximum atomic E-state index is 13.0. The highest BCUT2D eigenvalue weighted by molar-refractivity contribution is 5.55. The van der Waals surface area contributed by atoms with Crippen LogP contribution >= 0.6 is 0 Å². The summed E-state index contributed by atoms with van der Waals surface area (Å²) < 4.78 is 44.2. The average molecular weight is 448 g/mol.